The number of halogens is 3. The van der Waals surface area contributed by atoms with E-state index in [0.29, 0.717) is 62.8 Å². The van der Waals surface area contributed by atoms with Gasteiger partial charge in [0.15, 0.2) is 0 Å². The van der Waals surface area contributed by atoms with Crippen LogP contribution in [0.25, 0.3) is 22.0 Å². The average molecular weight is 954 g/mol. The highest BCUT2D eigenvalue weighted by Crippen LogP contribution is 2.48. The van der Waals surface area contributed by atoms with E-state index < -0.39 is 85.9 Å². The molecule has 7 rings (SSSR count). The van der Waals surface area contributed by atoms with Crippen molar-refractivity contribution in [2.75, 3.05) is 13.7 Å². The Bertz CT molecular complexity index is 2560. The number of sulfonamides is 1. The Morgan fingerprint density at radius 2 is 1.66 bits per heavy atom. The molecular formula is C49H62F3N5O9S. The third-order valence-electron chi connectivity index (χ3n) is 13.9. The predicted octanol–water partition coefficient (Wildman–Crippen LogP) is 7.88. The van der Waals surface area contributed by atoms with E-state index in [1.165, 1.54) is 4.90 Å². The summed E-state index contributed by atoms with van der Waals surface area (Å²) in [6, 6.07) is 12.4. The summed E-state index contributed by atoms with van der Waals surface area (Å²) in [7, 11) is -2.56. The molecule has 18 heteroatoms. The Hall–Kier alpha value is -5.39. The second-order valence-corrected chi connectivity index (χ2v) is 22.9. The number of allylic oxidation sites excluding steroid dienone is 1. The van der Waals surface area contributed by atoms with Gasteiger partial charge in [-0.25, -0.2) is 18.2 Å². The van der Waals surface area contributed by atoms with Crippen molar-refractivity contribution in [3.8, 4) is 22.9 Å². The molecule has 3 fully saturated rings. The number of amides is 4. The predicted molar refractivity (Wildman–Crippen MR) is 246 cm³/mol. The number of methoxy groups -OCH3 is 1. The maximum Gasteiger partial charge on any atom is 0.427 e. The lowest BCUT2D eigenvalue weighted by atomic mass is 9.86. The van der Waals surface area contributed by atoms with E-state index >= 15 is 4.79 Å². The van der Waals surface area contributed by atoms with Gasteiger partial charge in [-0.05, 0) is 112 Å². The number of ether oxygens (including phenoxy) is 3. The summed E-state index contributed by atoms with van der Waals surface area (Å²) >= 11 is 0. The molecule has 67 heavy (non-hydrogen) atoms. The Kier molecular flexibility index (Phi) is 13.2. The van der Waals surface area contributed by atoms with Crippen LogP contribution in [0.15, 0.2) is 60.7 Å². The summed E-state index contributed by atoms with van der Waals surface area (Å²) in [5.41, 5.74) is -2.19. The second-order valence-electron chi connectivity index (χ2n) is 20.7. The first-order valence-corrected chi connectivity index (χ1v) is 24.3. The SMILES string of the molecule is COc1ccc2c(O[C@@H]3C[C@H]4C(=O)N[C@]5(C(=O)NS(=O)(=O)C6(C)CC6)C[C@H]5/C=C\CC[C@@H](C)C[C@@H](C)[C@H](NC(=O)OC(C)(C)C(F)(F)F)C(=O)N4C3)nc(-c3ccc(C(C)(C)C)cc3)cc2c1. The molecule has 2 aromatic carbocycles. The van der Waals surface area contributed by atoms with E-state index in [9.17, 15) is 36.0 Å². The molecule has 4 aliphatic rings. The minimum atomic E-state index is -4.93. The van der Waals surface area contributed by atoms with Gasteiger partial charge in [0.1, 0.15) is 29.5 Å². The molecule has 3 aromatic rings. The second kappa shape index (κ2) is 17.9. The van der Waals surface area contributed by atoms with Gasteiger partial charge in [-0.15, -0.1) is 0 Å². The topological polar surface area (TPSA) is 182 Å². The number of aromatic nitrogens is 1. The van der Waals surface area contributed by atoms with Gasteiger partial charge in [-0.2, -0.15) is 13.2 Å². The van der Waals surface area contributed by atoms with Gasteiger partial charge >= 0.3 is 12.3 Å². The highest BCUT2D eigenvalue weighted by molar-refractivity contribution is 7.91. The van der Waals surface area contributed by atoms with Crippen molar-refractivity contribution in [2.24, 2.45) is 17.8 Å². The number of alkyl halides is 3. The fraction of sp³-hybridized carbons (Fsp3) is 0.571. The molecule has 4 amide bonds. The van der Waals surface area contributed by atoms with Gasteiger partial charge in [0, 0.05) is 23.3 Å². The van der Waals surface area contributed by atoms with Crippen molar-refractivity contribution in [2.45, 2.75) is 146 Å². The average Bonchev–Trinajstić information content (AvgIpc) is 4.13. The molecule has 0 unspecified atom stereocenters. The zero-order chi connectivity index (χ0) is 49.1. The van der Waals surface area contributed by atoms with Crippen LogP contribution < -0.4 is 24.8 Å². The summed E-state index contributed by atoms with van der Waals surface area (Å²) in [5.74, 6) is -2.98. The Balaban J connectivity index is 1.27. The van der Waals surface area contributed by atoms with Gasteiger partial charge in [-0.1, -0.05) is 71.0 Å². The molecule has 0 bridgehead atoms. The number of hydrogen-bond acceptors (Lipinski definition) is 10. The number of nitrogens with one attached hydrogen (secondary N) is 3. The van der Waals surface area contributed by atoms with E-state index in [1.807, 2.05) is 49.4 Å². The van der Waals surface area contributed by atoms with Crippen LogP contribution in [0.2, 0.25) is 0 Å². The highest BCUT2D eigenvalue weighted by atomic mass is 32.2. The van der Waals surface area contributed by atoms with Crippen LogP contribution in [-0.4, -0.2) is 96.0 Å². The monoisotopic (exact) mass is 953 g/mol. The zero-order valence-corrected chi connectivity index (χ0v) is 40.3. The lowest BCUT2D eigenvalue weighted by Gasteiger charge is -2.34. The van der Waals surface area contributed by atoms with Crippen molar-refractivity contribution >= 4 is 44.6 Å². The molecule has 7 atom stereocenters. The van der Waals surface area contributed by atoms with E-state index in [2.05, 4.69) is 36.1 Å². The fourth-order valence-corrected chi connectivity index (χ4v) is 10.2. The molecule has 0 radical (unpaired) electrons. The molecule has 2 saturated carbocycles. The molecule has 2 aliphatic carbocycles. The van der Waals surface area contributed by atoms with Crippen LogP contribution in [0.3, 0.4) is 0 Å². The first kappa shape index (κ1) is 49.5. The molecule has 3 N–H and O–H groups in total. The van der Waals surface area contributed by atoms with Crippen LogP contribution in [0.4, 0.5) is 18.0 Å². The Labute approximate surface area is 390 Å². The van der Waals surface area contributed by atoms with Crippen molar-refractivity contribution in [3.63, 3.8) is 0 Å². The number of rotatable bonds is 9. The van der Waals surface area contributed by atoms with Crippen LogP contribution in [-0.2, 0) is 34.6 Å². The number of carbonyl (C=O) groups is 4. The van der Waals surface area contributed by atoms with E-state index in [0.717, 1.165) is 16.5 Å². The molecule has 0 spiro atoms. The first-order valence-electron chi connectivity index (χ1n) is 22.9. The number of carbonyl (C=O) groups excluding carboxylic acids is 4. The number of benzene rings is 2. The van der Waals surface area contributed by atoms with Crippen LogP contribution >= 0.6 is 0 Å². The maximum atomic E-state index is 15.1. The molecule has 2 aliphatic heterocycles. The van der Waals surface area contributed by atoms with E-state index in [1.54, 1.807) is 39.2 Å². The number of alkyl carbamates (subject to hydrolysis) is 1. The van der Waals surface area contributed by atoms with Gasteiger partial charge in [0.25, 0.3) is 5.91 Å². The number of fused-ring (bicyclic) bond motifs is 3. The zero-order valence-electron chi connectivity index (χ0n) is 39.5. The smallest absolute Gasteiger partial charge is 0.427 e. The Morgan fingerprint density at radius 3 is 2.28 bits per heavy atom. The summed E-state index contributed by atoms with van der Waals surface area (Å²) in [6.45, 7) is 12.7. The van der Waals surface area contributed by atoms with Crippen molar-refractivity contribution in [3.05, 3.63) is 66.2 Å². The molecule has 3 heterocycles. The van der Waals surface area contributed by atoms with Gasteiger partial charge in [0.05, 0.1) is 24.1 Å². The van der Waals surface area contributed by atoms with Crippen LogP contribution in [0.5, 0.6) is 11.6 Å². The third-order valence-corrected chi connectivity index (χ3v) is 16.0. The lowest BCUT2D eigenvalue weighted by Crippen LogP contribution is -2.59. The van der Waals surface area contributed by atoms with Gasteiger partial charge < -0.3 is 29.7 Å². The fourth-order valence-electron chi connectivity index (χ4n) is 8.91. The molecule has 364 valence electrons. The quantitative estimate of drug-likeness (QED) is 0.179. The molecule has 1 aromatic heterocycles. The van der Waals surface area contributed by atoms with Gasteiger partial charge in [0.2, 0.25) is 33.3 Å². The standard InChI is InChI=1S/C49H62F3N5O9S/c1-28-12-10-11-13-33-26-48(33,43(60)56-67(62,63)47(8)20-21-47)55-40(58)38-25-35(27-57(38)42(59)39(29(2)22-28)54-44(61)66-46(6,7)49(50,51)52)65-41-36-19-18-34(64-9)23-31(36)24-37(53-41)30-14-16-32(17-15-30)45(3,4)5/h11,13-19,23-24,28-29,33,35,38-39H,10,12,20-22,25-27H2,1-9H3,(H,54,61)(H,55,58)(H,56,60)/b13-11-/t28-,29-,33-,35-,38+,39+,48-/m1/s1. The summed E-state index contributed by atoms with van der Waals surface area (Å²) in [4.78, 5) is 63.4. The maximum absolute atomic E-state index is 15.1. The summed E-state index contributed by atoms with van der Waals surface area (Å²) < 4.78 is 86.6. The van der Waals surface area contributed by atoms with Crippen molar-refractivity contribution < 1.29 is 55.0 Å². The third kappa shape index (κ3) is 10.4. The van der Waals surface area contributed by atoms with Crippen LogP contribution in [0.1, 0.15) is 106 Å². The number of nitrogens with zero attached hydrogens (tertiary/aromatic N) is 2. The van der Waals surface area contributed by atoms with Crippen molar-refractivity contribution in [1.82, 2.24) is 25.2 Å². The lowest BCUT2D eigenvalue weighted by molar-refractivity contribution is -0.244. The van der Waals surface area contributed by atoms with Gasteiger partial charge in [-0.3, -0.25) is 19.1 Å². The molecule has 14 nitrogen and oxygen atoms in total. The minimum Gasteiger partial charge on any atom is -0.497 e. The highest BCUT2D eigenvalue weighted by Gasteiger charge is 2.63. The minimum absolute atomic E-state index is 0.0543. The normalized spacial score (nSPS) is 27.3. The summed E-state index contributed by atoms with van der Waals surface area (Å²) in [5, 5.41) is 6.58. The van der Waals surface area contributed by atoms with E-state index in [-0.39, 0.29) is 36.6 Å². The van der Waals surface area contributed by atoms with Crippen LogP contribution in [0, 0.1) is 17.8 Å². The molecular weight excluding hydrogens is 892 g/mol. The number of pyridine rings is 1. The van der Waals surface area contributed by atoms with E-state index in [4.69, 9.17) is 19.2 Å². The molecule has 1 saturated heterocycles. The first-order chi connectivity index (χ1) is 31.2. The Morgan fingerprint density at radius 1 is 0.970 bits per heavy atom. The summed E-state index contributed by atoms with van der Waals surface area (Å²) in [6.07, 6.45) is -1.48. The number of hydrogen-bond donors (Lipinski definition) is 3. The largest absolute Gasteiger partial charge is 0.497 e. The van der Waals surface area contributed by atoms with Crippen molar-refractivity contribution in [1.29, 1.82) is 0 Å².